The molecule has 1 aliphatic rings. The predicted octanol–water partition coefficient (Wildman–Crippen LogP) is 4.56. The lowest BCUT2D eigenvalue weighted by Gasteiger charge is -2.27. The van der Waals surface area contributed by atoms with E-state index in [1.165, 1.54) is 24.8 Å². The molecule has 1 saturated carbocycles. The molecular formula is C18H29NO. The van der Waals surface area contributed by atoms with Crippen LogP contribution in [0.3, 0.4) is 0 Å². The van der Waals surface area contributed by atoms with Gasteiger partial charge in [-0.05, 0) is 48.8 Å². The molecule has 4 unspecified atom stereocenters. The molecule has 0 heterocycles. The molecular weight excluding hydrogens is 246 g/mol. The van der Waals surface area contributed by atoms with Gasteiger partial charge in [-0.15, -0.1) is 0 Å². The van der Waals surface area contributed by atoms with Crippen LogP contribution in [0.2, 0.25) is 0 Å². The predicted molar refractivity (Wildman–Crippen MR) is 85.1 cm³/mol. The first-order valence-electron chi connectivity index (χ1n) is 8.09. The lowest BCUT2D eigenvalue weighted by molar-refractivity contribution is 0.318. The molecule has 0 spiro atoms. The summed E-state index contributed by atoms with van der Waals surface area (Å²) >= 11 is 0. The topological polar surface area (TPSA) is 21.3 Å². The van der Waals surface area contributed by atoms with Crippen molar-refractivity contribution in [3.8, 4) is 5.75 Å². The Labute approximate surface area is 123 Å². The van der Waals surface area contributed by atoms with Gasteiger partial charge in [-0.3, -0.25) is 0 Å². The zero-order valence-electron chi connectivity index (χ0n) is 13.4. The maximum atomic E-state index is 5.24. The fourth-order valence-electron chi connectivity index (χ4n) is 3.60. The molecule has 1 aromatic rings. The number of hydrogen-bond donors (Lipinski definition) is 1. The van der Waals surface area contributed by atoms with Crippen molar-refractivity contribution in [1.82, 2.24) is 5.32 Å². The molecule has 1 aromatic carbocycles. The minimum Gasteiger partial charge on any atom is -0.497 e. The summed E-state index contributed by atoms with van der Waals surface area (Å²) in [6, 6.07) is 9.64. The summed E-state index contributed by atoms with van der Waals surface area (Å²) in [5.41, 5.74) is 1.38. The van der Waals surface area contributed by atoms with Gasteiger partial charge >= 0.3 is 0 Å². The van der Waals surface area contributed by atoms with Gasteiger partial charge < -0.3 is 10.1 Å². The Kier molecular flexibility index (Phi) is 5.47. The van der Waals surface area contributed by atoms with Crippen molar-refractivity contribution in [2.75, 3.05) is 7.11 Å². The van der Waals surface area contributed by atoms with Gasteiger partial charge in [-0.1, -0.05) is 39.3 Å². The Morgan fingerprint density at radius 2 is 1.90 bits per heavy atom. The van der Waals surface area contributed by atoms with Crippen molar-refractivity contribution in [3.05, 3.63) is 29.8 Å². The third kappa shape index (κ3) is 3.35. The van der Waals surface area contributed by atoms with E-state index in [0.29, 0.717) is 12.1 Å². The molecule has 20 heavy (non-hydrogen) atoms. The van der Waals surface area contributed by atoms with Crippen LogP contribution in [0, 0.1) is 11.8 Å². The monoisotopic (exact) mass is 275 g/mol. The highest BCUT2D eigenvalue weighted by Crippen LogP contribution is 2.35. The highest BCUT2D eigenvalue weighted by Gasteiger charge is 2.32. The summed E-state index contributed by atoms with van der Waals surface area (Å²) in [7, 11) is 1.72. The van der Waals surface area contributed by atoms with Crippen molar-refractivity contribution in [1.29, 1.82) is 0 Å². The summed E-state index contributed by atoms with van der Waals surface area (Å²) in [4.78, 5) is 0. The smallest absolute Gasteiger partial charge is 0.118 e. The fraction of sp³-hybridized carbons (Fsp3) is 0.667. The van der Waals surface area contributed by atoms with Crippen LogP contribution in [0.15, 0.2) is 24.3 Å². The maximum absolute atomic E-state index is 5.24. The standard InChI is InChI=1S/C18H29NO/c1-5-14-9-12-18(13(14)3)19-17(6-2)15-7-10-16(20-4)11-8-15/h7-8,10-11,13-14,17-19H,5-6,9,12H2,1-4H3. The van der Waals surface area contributed by atoms with E-state index >= 15 is 0 Å². The van der Waals surface area contributed by atoms with Gasteiger partial charge in [0.1, 0.15) is 5.75 Å². The first kappa shape index (κ1) is 15.4. The van der Waals surface area contributed by atoms with Crippen LogP contribution in [0.25, 0.3) is 0 Å². The molecule has 1 N–H and O–H groups in total. The maximum Gasteiger partial charge on any atom is 0.118 e. The van der Waals surface area contributed by atoms with E-state index in [4.69, 9.17) is 4.74 Å². The quantitative estimate of drug-likeness (QED) is 0.821. The van der Waals surface area contributed by atoms with E-state index in [9.17, 15) is 0 Å². The molecule has 0 bridgehead atoms. The molecule has 1 fully saturated rings. The number of rotatable bonds is 6. The molecule has 0 saturated heterocycles. The zero-order chi connectivity index (χ0) is 14.5. The van der Waals surface area contributed by atoms with E-state index in [1.807, 2.05) is 0 Å². The molecule has 2 nitrogen and oxygen atoms in total. The number of nitrogens with one attached hydrogen (secondary N) is 1. The molecule has 0 aliphatic heterocycles. The second-order valence-electron chi connectivity index (χ2n) is 6.11. The van der Waals surface area contributed by atoms with Crippen LogP contribution >= 0.6 is 0 Å². The van der Waals surface area contributed by atoms with Crippen molar-refractivity contribution in [2.45, 2.75) is 58.5 Å². The Hall–Kier alpha value is -1.02. The summed E-state index contributed by atoms with van der Waals surface area (Å²) < 4.78 is 5.24. The Balaban J connectivity index is 2.01. The summed E-state index contributed by atoms with van der Waals surface area (Å²) in [6.07, 6.45) is 5.16. The second-order valence-corrected chi connectivity index (χ2v) is 6.11. The van der Waals surface area contributed by atoms with Gasteiger partial charge in [0.25, 0.3) is 0 Å². The fourth-order valence-corrected chi connectivity index (χ4v) is 3.60. The van der Waals surface area contributed by atoms with E-state index in [-0.39, 0.29) is 0 Å². The number of hydrogen-bond acceptors (Lipinski definition) is 2. The SMILES string of the molecule is CCC(NC1CCC(CC)C1C)c1ccc(OC)cc1. The van der Waals surface area contributed by atoms with Crippen molar-refractivity contribution >= 4 is 0 Å². The van der Waals surface area contributed by atoms with Gasteiger partial charge in [0, 0.05) is 12.1 Å². The summed E-state index contributed by atoms with van der Waals surface area (Å²) in [5, 5.41) is 3.89. The van der Waals surface area contributed by atoms with Crippen LogP contribution in [-0.2, 0) is 0 Å². The minimum absolute atomic E-state index is 0.462. The van der Waals surface area contributed by atoms with Crippen molar-refractivity contribution in [3.63, 3.8) is 0 Å². The van der Waals surface area contributed by atoms with E-state index in [0.717, 1.165) is 24.0 Å². The highest BCUT2D eigenvalue weighted by atomic mass is 16.5. The molecule has 2 rings (SSSR count). The third-order valence-corrected chi connectivity index (χ3v) is 5.09. The third-order valence-electron chi connectivity index (χ3n) is 5.09. The lowest BCUT2D eigenvalue weighted by atomic mass is 9.92. The average Bonchev–Trinajstić information content (AvgIpc) is 2.85. The number of ether oxygens (including phenoxy) is 1. The Morgan fingerprint density at radius 3 is 2.40 bits per heavy atom. The van der Waals surface area contributed by atoms with Gasteiger partial charge in [0.05, 0.1) is 7.11 Å². The van der Waals surface area contributed by atoms with E-state index < -0.39 is 0 Å². The number of benzene rings is 1. The Morgan fingerprint density at radius 1 is 1.20 bits per heavy atom. The van der Waals surface area contributed by atoms with Gasteiger partial charge in [0.15, 0.2) is 0 Å². The van der Waals surface area contributed by atoms with Gasteiger partial charge in [-0.2, -0.15) is 0 Å². The first-order valence-corrected chi connectivity index (χ1v) is 8.09. The molecule has 4 atom stereocenters. The average molecular weight is 275 g/mol. The second kappa shape index (κ2) is 7.12. The van der Waals surface area contributed by atoms with Crippen LogP contribution in [-0.4, -0.2) is 13.2 Å². The van der Waals surface area contributed by atoms with Crippen molar-refractivity contribution in [2.24, 2.45) is 11.8 Å². The minimum atomic E-state index is 0.462. The summed E-state index contributed by atoms with van der Waals surface area (Å²) in [5.74, 6) is 2.64. The molecule has 0 amide bonds. The van der Waals surface area contributed by atoms with Crippen molar-refractivity contribution < 1.29 is 4.74 Å². The van der Waals surface area contributed by atoms with E-state index in [1.54, 1.807) is 7.11 Å². The molecule has 0 aromatic heterocycles. The van der Waals surface area contributed by atoms with Crippen LogP contribution < -0.4 is 10.1 Å². The molecule has 2 heteroatoms. The first-order chi connectivity index (χ1) is 9.69. The van der Waals surface area contributed by atoms with E-state index in [2.05, 4.69) is 50.4 Å². The van der Waals surface area contributed by atoms with Gasteiger partial charge in [-0.25, -0.2) is 0 Å². The largest absolute Gasteiger partial charge is 0.497 e. The zero-order valence-corrected chi connectivity index (χ0v) is 13.4. The molecule has 112 valence electrons. The molecule has 1 aliphatic carbocycles. The molecule has 0 radical (unpaired) electrons. The highest BCUT2D eigenvalue weighted by molar-refractivity contribution is 5.29. The lowest BCUT2D eigenvalue weighted by Crippen LogP contribution is -2.35. The van der Waals surface area contributed by atoms with Crippen LogP contribution in [0.5, 0.6) is 5.75 Å². The van der Waals surface area contributed by atoms with Gasteiger partial charge in [0.2, 0.25) is 0 Å². The normalized spacial score (nSPS) is 27.5. The van der Waals surface area contributed by atoms with Crippen LogP contribution in [0.4, 0.5) is 0 Å². The Bertz CT molecular complexity index is 400. The summed E-state index contributed by atoms with van der Waals surface area (Å²) in [6.45, 7) is 7.00. The number of methoxy groups -OCH3 is 1. The van der Waals surface area contributed by atoms with Crippen LogP contribution in [0.1, 0.15) is 58.1 Å².